The van der Waals surface area contributed by atoms with Gasteiger partial charge in [0, 0.05) is 19.3 Å². The van der Waals surface area contributed by atoms with Gasteiger partial charge in [-0.25, -0.2) is 17.5 Å². The second kappa shape index (κ2) is 5.76. The molecule has 0 unspecified atom stereocenters. The third kappa shape index (κ3) is 3.91. The molecule has 8 heteroatoms. The number of anilines is 1. The number of amides is 1. The van der Waals surface area contributed by atoms with Crippen molar-refractivity contribution in [1.82, 2.24) is 10.0 Å². The summed E-state index contributed by atoms with van der Waals surface area (Å²) >= 11 is 0. The SMILES string of the molecule is CNC(=O)C(C)(C)CNS(=O)(=O)c1cc(N)cc(F)c1. The van der Waals surface area contributed by atoms with Crippen molar-refractivity contribution >= 4 is 21.6 Å². The summed E-state index contributed by atoms with van der Waals surface area (Å²) in [6, 6.07) is 3.04. The molecule has 112 valence electrons. The largest absolute Gasteiger partial charge is 0.399 e. The van der Waals surface area contributed by atoms with Crippen LogP contribution in [0.1, 0.15) is 13.8 Å². The maximum absolute atomic E-state index is 13.2. The fraction of sp³-hybridized carbons (Fsp3) is 0.417. The summed E-state index contributed by atoms with van der Waals surface area (Å²) in [5.74, 6) is -1.05. The Labute approximate surface area is 117 Å². The van der Waals surface area contributed by atoms with Crippen molar-refractivity contribution < 1.29 is 17.6 Å². The Hall–Kier alpha value is -1.67. The molecule has 1 aromatic carbocycles. The van der Waals surface area contributed by atoms with E-state index in [-0.39, 0.29) is 23.0 Å². The highest BCUT2D eigenvalue weighted by Gasteiger charge is 2.29. The molecule has 0 aliphatic heterocycles. The molecule has 6 nitrogen and oxygen atoms in total. The summed E-state index contributed by atoms with van der Waals surface area (Å²) in [6.07, 6.45) is 0. The van der Waals surface area contributed by atoms with Crippen LogP contribution in [0.3, 0.4) is 0 Å². The van der Waals surface area contributed by atoms with Crippen molar-refractivity contribution in [1.29, 1.82) is 0 Å². The molecule has 0 spiro atoms. The molecule has 0 atom stereocenters. The van der Waals surface area contributed by atoms with E-state index in [1.54, 1.807) is 13.8 Å². The third-order valence-electron chi connectivity index (χ3n) is 2.75. The molecule has 0 bridgehead atoms. The predicted molar refractivity (Wildman–Crippen MR) is 73.8 cm³/mol. The van der Waals surface area contributed by atoms with Gasteiger partial charge in [-0.3, -0.25) is 4.79 Å². The van der Waals surface area contributed by atoms with Crippen LogP contribution in [0.25, 0.3) is 0 Å². The van der Waals surface area contributed by atoms with Gasteiger partial charge in [-0.2, -0.15) is 0 Å². The van der Waals surface area contributed by atoms with E-state index < -0.39 is 21.3 Å². The van der Waals surface area contributed by atoms with E-state index >= 15 is 0 Å². The van der Waals surface area contributed by atoms with Crippen molar-refractivity contribution in [3.05, 3.63) is 24.0 Å². The van der Waals surface area contributed by atoms with E-state index in [1.165, 1.54) is 7.05 Å². The molecule has 0 radical (unpaired) electrons. The number of carbonyl (C=O) groups is 1. The van der Waals surface area contributed by atoms with Gasteiger partial charge in [-0.05, 0) is 32.0 Å². The van der Waals surface area contributed by atoms with Crippen LogP contribution in [0, 0.1) is 11.2 Å². The summed E-state index contributed by atoms with van der Waals surface area (Å²) in [5.41, 5.74) is 4.49. The van der Waals surface area contributed by atoms with Gasteiger partial charge in [0.15, 0.2) is 0 Å². The third-order valence-corrected chi connectivity index (χ3v) is 4.13. The highest BCUT2D eigenvalue weighted by Crippen LogP contribution is 2.18. The van der Waals surface area contributed by atoms with E-state index in [1.807, 2.05) is 0 Å². The van der Waals surface area contributed by atoms with E-state index in [0.29, 0.717) is 0 Å². The fourth-order valence-electron chi connectivity index (χ4n) is 1.52. The maximum atomic E-state index is 13.2. The van der Waals surface area contributed by atoms with Crippen LogP contribution in [-0.4, -0.2) is 27.9 Å². The Morgan fingerprint density at radius 1 is 1.35 bits per heavy atom. The minimum absolute atomic E-state index is 0.0101. The van der Waals surface area contributed by atoms with Crippen molar-refractivity contribution in [2.24, 2.45) is 5.41 Å². The monoisotopic (exact) mass is 303 g/mol. The van der Waals surface area contributed by atoms with Crippen molar-refractivity contribution in [3.63, 3.8) is 0 Å². The summed E-state index contributed by atoms with van der Waals surface area (Å²) in [5, 5.41) is 2.45. The van der Waals surface area contributed by atoms with Crippen LogP contribution in [-0.2, 0) is 14.8 Å². The second-order valence-electron chi connectivity index (χ2n) is 5.01. The van der Waals surface area contributed by atoms with Gasteiger partial charge >= 0.3 is 0 Å². The number of rotatable bonds is 5. The lowest BCUT2D eigenvalue weighted by molar-refractivity contribution is -0.128. The van der Waals surface area contributed by atoms with Crippen LogP contribution in [0.4, 0.5) is 10.1 Å². The number of halogens is 1. The molecule has 0 aliphatic rings. The maximum Gasteiger partial charge on any atom is 0.240 e. The molecule has 0 saturated carbocycles. The normalized spacial score (nSPS) is 12.2. The number of hydrogen-bond donors (Lipinski definition) is 3. The fourth-order valence-corrected chi connectivity index (χ4v) is 2.79. The van der Waals surface area contributed by atoms with Gasteiger partial charge in [0.05, 0.1) is 10.3 Å². The van der Waals surface area contributed by atoms with Crippen LogP contribution >= 0.6 is 0 Å². The van der Waals surface area contributed by atoms with Gasteiger partial charge < -0.3 is 11.1 Å². The van der Waals surface area contributed by atoms with Gasteiger partial charge in [0.25, 0.3) is 0 Å². The average Bonchev–Trinajstić information content (AvgIpc) is 2.34. The first-order valence-corrected chi connectivity index (χ1v) is 7.35. The first-order chi connectivity index (χ1) is 9.08. The molecular formula is C12H18FN3O3S. The number of benzene rings is 1. The predicted octanol–water partition coefficient (Wildman–Crippen LogP) is 0.458. The summed E-state index contributed by atoms with van der Waals surface area (Å²) in [4.78, 5) is 11.3. The van der Waals surface area contributed by atoms with Crippen LogP contribution in [0.5, 0.6) is 0 Å². The zero-order chi connectivity index (χ0) is 15.6. The molecular weight excluding hydrogens is 285 g/mol. The van der Waals surface area contributed by atoms with E-state index in [4.69, 9.17) is 5.73 Å². The zero-order valence-corrected chi connectivity index (χ0v) is 12.3. The number of nitrogens with two attached hydrogens (primary N) is 1. The van der Waals surface area contributed by atoms with E-state index in [2.05, 4.69) is 10.0 Å². The number of hydrogen-bond acceptors (Lipinski definition) is 4. The number of carbonyl (C=O) groups excluding carboxylic acids is 1. The Kier molecular flexibility index (Phi) is 4.72. The van der Waals surface area contributed by atoms with Crippen LogP contribution in [0.2, 0.25) is 0 Å². The van der Waals surface area contributed by atoms with Crippen molar-refractivity contribution in [2.75, 3.05) is 19.3 Å². The Bertz CT molecular complexity index is 594. The molecule has 0 heterocycles. The summed E-state index contributed by atoms with van der Waals surface area (Å²) in [7, 11) is -2.47. The molecule has 0 aliphatic carbocycles. The smallest absolute Gasteiger partial charge is 0.240 e. The van der Waals surface area contributed by atoms with Crippen LogP contribution in [0.15, 0.2) is 23.1 Å². The Morgan fingerprint density at radius 2 is 1.95 bits per heavy atom. The molecule has 0 aromatic heterocycles. The molecule has 20 heavy (non-hydrogen) atoms. The minimum atomic E-state index is -3.93. The number of nitrogens with one attached hydrogen (secondary N) is 2. The molecule has 4 N–H and O–H groups in total. The molecule has 0 saturated heterocycles. The van der Waals surface area contributed by atoms with E-state index in [9.17, 15) is 17.6 Å². The lowest BCUT2D eigenvalue weighted by atomic mass is 9.93. The first-order valence-electron chi connectivity index (χ1n) is 5.86. The Balaban J connectivity index is 2.93. The molecule has 1 rings (SSSR count). The van der Waals surface area contributed by atoms with Gasteiger partial charge in [0.1, 0.15) is 5.82 Å². The first kappa shape index (κ1) is 16.4. The topological polar surface area (TPSA) is 101 Å². The average molecular weight is 303 g/mol. The van der Waals surface area contributed by atoms with Crippen molar-refractivity contribution in [3.8, 4) is 0 Å². The Morgan fingerprint density at radius 3 is 2.45 bits per heavy atom. The summed E-state index contributed by atoms with van der Waals surface area (Å²) < 4.78 is 39.5. The highest BCUT2D eigenvalue weighted by atomic mass is 32.2. The standard InChI is InChI=1S/C12H18FN3O3S/c1-12(2,11(17)15-3)7-16-20(18,19)10-5-8(13)4-9(14)6-10/h4-6,16H,7,14H2,1-3H3,(H,15,17). The van der Waals surface area contributed by atoms with E-state index in [0.717, 1.165) is 18.2 Å². The summed E-state index contributed by atoms with van der Waals surface area (Å²) in [6.45, 7) is 3.06. The number of sulfonamides is 1. The van der Waals surface area contributed by atoms with Crippen molar-refractivity contribution in [2.45, 2.75) is 18.7 Å². The lowest BCUT2D eigenvalue weighted by Crippen LogP contribution is -2.43. The highest BCUT2D eigenvalue weighted by molar-refractivity contribution is 7.89. The van der Waals surface area contributed by atoms with Gasteiger partial charge in [-0.15, -0.1) is 0 Å². The quantitative estimate of drug-likeness (QED) is 0.688. The van der Waals surface area contributed by atoms with Crippen LogP contribution < -0.4 is 15.8 Å². The van der Waals surface area contributed by atoms with Gasteiger partial charge in [-0.1, -0.05) is 0 Å². The molecule has 1 aromatic rings. The minimum Gasteiger partial charge on any atom is -0.399 e. The molecule has 0 fully saturated rings. The zero-order valence-electron chi connectivity index (χ0n) is 11.5. The number of nitrogen functional groups attached to an aromatic ring is 1. The lowest BCUT2D eigenvalue weighted by Gasteiger charge is -2.22. The second-order valence-corrected chi connectivity index (χ2v) is 6.77. The molecule has 1 amide bonds. The van der Waals surface area contributed by atoms with Gasteiger partial charge in [0.2, 0.25) is 15.9 Å².